The molecule has 3 aromatic rings. The van der Waals surface area contributed by atoms with Crippen molar-refractivity contribution >= 4 is 15.8 Å². The van der Waals surface area contributed by atoms with Crippen molar-refractivity contribution in [1.82, 2.24) is 19.7 Å². The number of nitrogens with zero attached hydrogens (tertiary/aromatic N) is 4. The van der Waals surface area contributed by atoms with Crippen LogP contribution in [0.3, 0.4) is 0 Å². The van der Waals surface area contributed by atoms with E-state index in [0.29, 0.717) is 0 Å². The number of sulfonamides is 1. The fourth-order valence-corrected chi connectivity index (χ4v) is 5.13. The highest BCUT2D eigenvalue weighted by molar-refractivity contribution is 7.92. The zero-order chi connectivity index (χ0) is 23.8. The average Bonchev–Trinajstić information content (AvgIpc) is 3.16. The molecule has 0 saturated heterocycles. The lowest BCUT2D eigenvalue weighted by Crippen LogP contribution is -2.39. The van der Waals surface area contributed by atoms with Crippen molar-refractivity contribution in [2.24, 2.45) is 7.05 Å². The second-order valence-electron chi connectivity index (χ2n) is 7.99. The van der Waals surface area contributed by atoms with Crippen LogP contribution >= 0.6 is 0 Å². The molecule has 0 radical (unpaired) electrons. The van der Waals surface area contributed by atoms with Crippen LogP contribution in [0.4, 0.5) is 19.0 Å². The Hall–Kier alpha value is -3.15. The Kier molecular flexibility index (Phi) is 6.04. The Bertz CT molecular complexity index is 1250. The van der Waals surface area contributed by atoms with E-state index >= 15 is 0 Å². The van der Waals surface area contributed by atoms with Crippen LogP contribution in [0.2, 0.25) is 0 Å². The zero-order valence-corrected chi connectivity index (χ0v) is 18.7. The lowest BCUT2D eigenvalue weighted by Gasteiger charge is -2.36. The summed E-state index contributed by atoms with van der Waals surface area (Å²) in [5.41, 5.74) is 1.03. The van der Waals surface area contributed by atoms with E-state index in [1.165, 1.54) is 19.2 Å². The molecule has 0 amide bonds. The second kappa shape index (κ2) is 8.65. The number of aryl methyl sites for hydroxylation is 2. The zero-order valence-electron chi connectivity index (χ0n) is 17.9. The van der Waals surface area contributed by atoms with E-state index in [9.17, 15) is 21.6 Å². The Morgan fingerprint density at radius 2 is 2.03 bits per heavy atom. The first-order chi connectivity index (χ1) is 15.6. The van der Waals surface area contributed by atoms with Crippen molar-refractivity contribution in [2.75, 3.05) is 4.72 Å². The molecule has 0 bridgehead atoms. The number of anilines is 1. The van der Waals surface area contributed by atoms with Gasteiger partial charge in [0, 0.05) is 50.0 Å². The number of ether oxygens (including phenoxy) is 1. The molecular formula is C21H22F3N5O3S. The molecule has 4 rings (SSSR count). The second-order valence-corrected chi connectivity index (χ2v) is 9.64. The Balaban J connectivity index is 1.62. The molecule has 1 saturated carbocycles. The number of nitrogens with one attached hydrogen (secondary N) is 1. The molecule has 1 aliphatic carbocycles. The summed E-state index contributed by atoms with van der Waals surface area (Å²) in [6.07, 6.45) is 2.46. The normalized spacial score (nSPS) is 20.4. The first kappa shape index (κ1) is 23.0. The molecule has 176 valence electrons. The Morgan fingerprint density at radius 3 is 2.70 bits per heavy atom. The average molecular weight is 482 g/mol. The van der Waals surface area contributed by atoms with Gasteiger partial charge in [-0.15, -0.1) is 0 Å². The SMILES string of the molecule is Cc1cc(S(=O)(=O)Nc2ccncn2)c(F)cc1OC1CC(F)(F)CCC1c1ccnn1C. The number of aromatic nitrogens is 4. The summed E-state index contributed by atoms with van der Waals surface area (Å²) in [6, 6.07) is 5.08. The minimum Gasteiger partial charge on any atom is -0.489 e. The number of halogens is 3. The quantitative estimate of drug-likeness (QED) is 0.575. The number of alkyl halides is 2. The van der Waals surface area contributed by atoms with Gasteiger partial charge in [-0.2, -0.15) is 5.10 Å². The minimum atomic E-state index is -4.29. The fraction of sp³-hybridized carbons (Fsp3) is 0.381. The molecular weight excluding hydrogens is 459 g/mol. The third kappa shape index (κ3) is 4.95. The number of hydrogen-bond donors (Lipinski definition) is 1. The molecule has 1 fully saturated rings. The molecule has 8 nitrogen and oxygen atoms in total. The summed E-state index contributed by atoms with van der Waals surface area (Å²) in [5, 5.41) is 4.11. The van der Waals surface area contributed by atoms with E-state index in [-0.39, 0.29) is 35.9 Å². The largest absolute Gasteiger partial charge is 0.489 e. The van der Waals surface area contributed by atoms with Gasteiger partial charge in [-0.3, -0.25) is 9.40 Å². The maximum absolute atomic E-state index is 14.9. The van der Waals surface area contributed by atoms with E-state index < -0.39 is 39.2 Å². The molecule has 2 aromatic heterocycles. The van der Waals surface area contributed by atoms with Gasteiger partial charge in [0.25, 0.3) is 15.9 Å². The number of rotatable bonds is 6. The van der Waals surface area contributed by atoms with Crippen molar-refractivity contribution < 1.29 is 26.3 Å². The molecule has 1 aliphatic rings. The highest BCUT2D eigenvalue weighted by atomic mass is 32.2. The standard InChI is InChI=1S/C21H22F3N5O3S/c1-13-9-19(33(30,31)28-20-5-7-25-12-26-20)15(22)10-17(13)32-18-11-21(23,24)6-3-14(18)16-4-8-27-29(16)2/h4-5,7-10,12,14,18H,3,6,11H2,1-2H3,(H,25,26,28). The van der Waals surface area contributed by atoms with Crippen LogP contribution in [0.1, 0.15) is 36.4 Å². The first-order valence-electron chi connectivity index (χ1n) is 10.2. The summed E-state index contributed by atoms with van der Waals surface area (Å²) in [5.74, 6) is -4.38. The van der Waals surface area contributed by atoms with Crippen LogP contribution in [-0.2, 0) is 17.1 Å². The molecule has 2 unspecified atom stereocenters. The number of benzene rings is 1. The fourth-order valence-electron chi connectivity index (χ4n) is 3.98. The summed E-state index contributed by atoms with van der Waals surface area (Å²) in [4.78, 5) is 6.85. The van der Waals surface area contributed by atoms with Crippen molar-refractivity contribution in [1.29, 1.82) is 0 Å². The van der Waals surface area contributed by atoms with Gasteiger partial charge in [-0.25, -0.2) is 31.6 Å². The topological polar surface area (TPSA) is 99.0 Å². The van der Waals surface area contributed by atoms with Crippen LogP contribution < -0.4 is 9.46 Å². The molecule has 0 aliphatic heterocycles. The van der Waals surface area contributed by atoms with Crippen molar-refractivity contribution in [2.45, 2.75) is 49.0 Å². The summed E-state index contributed by atoms with van der Waals surface area (Å²) in [7, 11) is -2.57. The van der Waals surface area contributed by atoms with E-state index in [4.69, 9.17) is 4.74 Å². The Morgan fingerprint density at radius 1 is 1.24 bits per heavy atom. The monoisotopic (exact) mass is 481 g/mol. The Labute approximate surface area is 188 Å². The van der Waals surface area contributed by atoms with Gasteiger partial charge in [-0.1, -0.05) is 0 Å². The van der Waals surface area contributed by atoms with Crippen molar-refractivity contribution in [3.8, 4) is 5.75 Å². The minimum absolute atomic E-state index is 0.00311. The molecule has 2 heterocycles. The van der Waals surface area contributed by atoms with Gasteiger partial charge >= 0.3 is 0 Å². The molecule has 1 aromatic carbocycles. The van der Waals surface area contributed by atoms with Gasteiger partial charge in [-0.05, 0) is 37.1 Å². The summed E-state index contributed by atoms with van der Waals surface area (Å²) < 4.78 is 78.2. The van der Waals surface area contributed by atoms with Crippen LogP contribution in [-0.4, -0.2) is 40.2 Å². The van der Waals surface area contributed by atoms with Crippen molar-refractivity contribution in [3.63, 3.8) is 0 Å². The lowest BCUT2D eigenvalue weighted by molar-refractivity contribution is -0.0782. The molecule has 0 spiro atoms. The van der Waals surface area contributed by atoms with Gasteiger partial charge in [0.05, 0.1) is 0 Å². The van der Waals surface area contributed by atoms with Gasteiger partial charge < -0.3 is 4.74 Å². The van der Waals surface area contributed by atoms with Gasteiger partial charge in [0.1, 0.15) is 34.7 Å². The maximum atomic E-state index is 14.9. The molecule has 33 heavy (non-hydrogen) atoms. The van der Waals surface area contributed by atoms with E-state index in [0.717, 1.165) is 24.2 Å². The third-order valence-corrected chi connectivity index (χ3v) is 7.00. The smallest absolute Gasteiger partial charge is 0.265 e. The van der Waals surface area contributed by atoms with E-state index in [1.54, 1.807) is 24.0 Å². The highest BCUT2D eigenvalue weighted by Gasteiger charge is 2.44. The van der Waals surface area contributed by atoms with E-state index in [2.05, 4.69) is 19.8 Å². The molecule has 1 N–H and O–H groups in total. The molecule has 2 atom stereocenters. The number of hydrogen-bond acceptors (Lipinski definition) is 6. The van der Waals surface area contributed by atoms with Crippen LogP contribution in [0.5, 0.6) is 5.75 Å². The lowest BCUT2D eigenvalue weighted by atomic mass is 9.82. The molecule has 12 heteroatoms. The van der Waals surface area contributed by atoms with Crippen LogP contribution in [0.15, 0.2) is 47.9 Å². The van der Waals surface area contributed by atoms with Gasteiger partial charge in [0.2, 0.25) is 0 Å². The van der Waals surface area contributed by atoms with Crippen LogP contribution in [0.25, 0.3) is 0 Å². The highest BCUT2D eigenvalue weighted by Crippen LogP contribution is 2.43. The van der Waals surface area contributed by atoms with Crippen LogP contribution in [0, 0.1) is 12.7 Å². The van der Waals surface area contributed by atoms with Gasteiger partial charge in [0.15, 0.2) is 0 Å². The third-order valence-electron chi connectivity index (χ3n) is 5.63. The maximum Gasteiger partial charge on any atom is 0.265 e. The van der Waals surface area contributed by atoms with E-state index in [1.807, 2.05) is 0 Å². The predicted molar refractivity (Wildman–Crippen MR) is 113 cm³/mol. The summed E-state index contributed by atoms with van der Waals surface area (Å²) >= 11 is 0. The summed E-state index contributed by atoms with van der Waals surface area (Å²) in [6.45, 7) is 1.53. The predicted octanol–water partition coefficient (Wildman–Crippen LogP) is 3.81. The van der Waals surface area contributed by atoms with Crippen molar-refractivity contribution in [3.05, 3.63) is 60.1 Å². The first-order valence-corrected chi connectivity index (χ1v) is 11.7.